The minimum atomic E-state index is -0.180. The fourth-order valence-electron chi connectivity index (χ4n) is 1.64. The molecule has 1 N–H and O–H groups in total. The molecule has 0 bridgehead atoms. The van der Waals surface area contributed by atoms with E-state index in [0.29, 0.717) is 17.9 Å². The monoisotopic (exact) mass is 331 g/mol. The third-order valence-corrected chi connectivity index (χ3v) is 3.28. The molecule has 0 aliphatic heterocycles. The van der Waals surface area contributed by atoms with E-state index in [9.17, 15) is 4.79 Å². The summed E-state index contributed by atoms with van der Waals surface area (Å²) >= 11 is 3.40. The summed E-state index contributed by atoms with van der Waals surface area (Å²) in [7, 11) is 0. The van der Waals surface area contributed by atoms with Crippen molar-refractivity contribution >= 4 is 27.5 Å². The fourth-order valence-corrected chi connectivity index (χ4v) is 2.02. The summed E-state index contributed by atoms with van der Waals surface area (Å²) in [4.78, 5) is 12.2. The third-order valence-electron chi connectivity index (χ3n) is 2.59. The second-order valence-electron chi connectivity index (χ2n) is 4.06. The molecule has 0 spiro atoms. The number of halogens is 1. The third kappa shape index (κ3) is 3.71. The topological polar surface area (TPSA) is 38.3 Å². The average Bonchev–Trinajstić information content (AvgIpc) is 2.48. The van der Waals surface area contributed by atoms with Gasteiger partial charge in [-0.25, -0.2) is 0 Å². The van der Waals surface area contributed by atoms with Crippen molar-refractivity contribution in [3.8, 4) is 5.75 Å². The van der Waals surface area contributed by atoms with Gasteiger partial charge in [-0.1, -0.05) is 30.9 Å². The van der Waals surface area contributed by atoms with Crippen molar-refractivity contribution in [1.82, 2.24) is 0 Å². The summed E-state index contributed by atoms with van der Waals surface area (Å²) in [5.74, 6) is 0.464. The molecule has 0 aromatic heterocycles. The Bertz CT molecular complexity index is 625. The van der Waals surface area contributed by atoms with Crippen LogP contribution in [-0.2, 0) is 0 Å². The van der Waals surface area contributed by atoms with Crippen LogP contribution in [0.2, 0.25) is 0 Å². The van der Waals surface area contributed by atoms with Gasteiger partial charge in [-0.15, -0.1) is 0 Å². The SMILES string of the molecule is C=CCOc1cccc(C(=O)Nc2ccccc2Br)c1. The van der Waals surface area contributed by atoms with Crippen LogP contribution in [0.1, 0.15) is 10.4 Å². The number of para-hydroxylation sites is 1. The van der Waals surface area contributed by atoms with Crippen molar-refractivity contribution in [1.29, 1.82) is 0 Å². The van der Waals surface area contributed by atoms with Crippen molar-refractivity contribution in [2.75, 3.05) is 11.9 Å². The van der Waals surface area contributed by atoms with Gasteiger partial charge in [-0.3, -0.25) is 4.79 Å². The largest absolute Gasteiger partial charge is 0.490 e. The Morgan fingerprint density at radius 1 is 1.25 bits per heavy atom. The Hall–Kier alpha value is -2.07. The lowest BCUT2D eigenvalue weighted by Gasteiger charge is -2.08. The van der Waals surface area contributed by atoms with Gasteiger partial charge in [0, 0.05) is 10.0 Å². The number of hydrogen-bond donors (Lipinski definition) is 1. The van der Waals surface area contributed by atoms with Crippen LogP contribution >= 0.6 is 15.9 Å². The average molecular weight is 332 g/mol. The minimum Gasteiger partial charge on any atom is -0.490 e. The molecule has 0 unspecified atom stereocenters. The Morgan fingerprint density at radius 2 is 2.05 bits per heavy atom. The van der Waals surface area contributed by atoms with E-state index in [-0.39, 0.29) is 5.91 Å². The second-order valence-corrected chi connectivity index (χ2v) is 4.92. The van der Waals surface area contributed by atoms with E-state index in [0.717, 1.165) is 10.2 Å². The number of hydrogen-bond acceptors (Lipinski definition) is 2. The zero-order chi connectivity index (χ0) is 14.4. The first-order chi connectivity index (χ1) is 9.70. The number of carbonyl (C=O) groups excluding carboxylic acids is 1. The second kappa shape index (κ2) is 6.91. The maximum absolute atomic E-state index is 12.2. The lowest BCUT2D eigenvalue weighted by molar-refractivity contribution is 0.102. The lowest BCUT2D eigenvalue weighted by atomic mass is 10.2. The molecule has 0 aliphatic carbocycles. The predicted molar refractivity (Wildman–Crippen MR) is 84.2 cm³/mol. The van der Waals surface area contributed by atoms with Gasteiger partial charge in [-0.05, 0) is 46.3 Å². The highest BCUT2D eigenvalue weighted by atomic mass is 79.9. The molecule has 0 aliphatic rings. The molecule has 2 aromatic carbocycles. The molecule has 2 aromatic rings. The van der Waals surface area contributed by atoms with Crippen LogP contribution in [0.4, 0.5) is 5.69 Å². The lowest BCUT2D eigenvalue weighted by Crippen LogP contribution is -2.12. The molecule has 0 saturated heterocycles. The first-order valence-corrected chi connectivity index (χ1v) is 6.89. The van der Waals surface area contributed by atoms with E-state index in [1.54, 1.807) is 30.3 Å². The smallest absolute Gasteiger partial charge is 0.255 e. The van der Waals surface area contributed by atoms with E-state index >= 15 is 0 Å². The van der Waals surface area contributed by atoms with E-state index in [1.807, 2.05) is 24.3 Å². The predicted octanol–water partition coefficient (Wildman–Crippen LogP) is 4.27. The van der Waals surface area contributed by atoms with Gasteiger partial charge in [0.05, 0.1) is 5.69 Å². The summed E-state index contributed by atoms with van der Waals surface area (Å²) in [6.45, 7) is 4.00. The summed E-state index contributed by atoms with van der Waals surface area (Å²) in [5, 5.41) is 2.85. The van der Waals surface area contributed by atoms with Gasteiger partial charge in [-0.2, -0.15) is 0 Å². The number of anilines is 1. The van der Waals surface area contributed by atoms with Crippen LogP contribution in [0.3, 0.4) is 0 Å². The van der Waals surface area contributed by atoms with Crippen molar-refractivity contribution in [3.05, 3.63) is 71.2 Å². The highest BCUT2D eigenvalue weighted by Gasteiger charge is 2.08. The molecule has 20 heavy (non-hydrogen) atoms. The molecule has 0 radical (unpaired) electrons. The van der Waals surface area contributed by atoms with Crippen molar-refractivity contribution in [2.45, 2.75) is 0 Å². The van der Waals surface area contributed by atoms with Crippen LogP contribution < -0.4 is 10.1 Å². The Morgan fingerprint density at radius 3 is 2.80 bits per heavy atom. The zero-order valence-corrected chi connectivity index (χ0v) is 12.4. The van der Waals surface area contributed by atoms with Gasteiger partial charge in [0.2, 0.25) is 0 Å². The molecule has 102 valence electrons. The van der Waals surface area contributed by atoms with Gasteiger partial charge in [0.1, 0.15) is 12.4 Å². The summed E-state index contributed by atoms with van der Waals surface area (Å²) in [5.41, 5.74) is 1.28. The minimum absolute atomic E-state index is 0.180. The Kier molecular flexibility index (Phi) is 4.96. The first-order valence-electron chi connectivity index (χ1n) is 6.10. The summed E-state index contributed by atoms with van der Waals surface area (Å²) in [6, 6.07) is 14.5. The van der Waals surface area contributed by atoms with Crippen LogP contribution in [0.5, 0.6) is 5.75 Å². The highest BCUT2D eigenvalue weighted by Crippen LogP contribution is 2.22. The van der Waals surface area contributed by atoms with Gasteiger partial charge in [0.15, 0.2) is 0 Å². The van der Waals surface area contributed by atoms with E-state index in [2.05, 4.69) is 27.8 Å². The maximum Gasteiger partial charge on any atom is 0.255 e. The molecule has 1 amide bonds. The standard InChI is InChI=1S/C16H14BrNO2/c1-2-10-20-13-7-5-6-12(11-13)16(19)18-15-9-4-3-8-14(15)17/h2-9,11H,1,10H2,(H,18,19). The van der Waals surface area contributed by atoms with Crippen molar-refractivity contribution < 1.29 is 9.53 Å². The molecule has 0 atom stereocenters. The van der Waals surface area contributed by atoms with Crippen molar-refractivity contribution in [3.63, 3.8) is 0 Å². The summed E-state index contributed by atoms with van der Waals surface area (Å²) in [6.07, 6.45) is 1.66. The molecule has 2 rings (SSSR count). The number of carbonyl (C=O) groups is 1. The first kappa shape index (κ1) is 14.3. The number of nitrogens with one attached hydrogen (secondary N) is 1. The van der Waals surface area contributed by atoms with Gasteiger partial charge < -0.3 is 10.1 Å². The van der Waals surface area contributed by atoms with Crippen LogP contribution in [0, 0.1) is 0 Å². The van der Waals surface area contributed by atoms with E-state index in [1.165, 1.54) is 0 Å². The number of rotatable bonds is 5. The molecular weight excluding hydrogens is 318 g/mol. The number of amides is 1. The van der Waals surface area contributed by atoms with Crippen LogP contribution in [0.25, 0.3) is 0 Å². The molecule has 4 heteroatoms. The summed E-state index contributed by atoms with van der Waals surface area (Å²) < 4.78 is 6.25. The molecule has 3 nitrogen and oxygen atoms in total. The van der Waals surface area contributed by atoms with E-state index in [4.69, 9.17) is 4.74 Å². The molecule has 0 saturated carbocycles. The molecular formula is C16H14BrNO2. The Labute approximate surface area is 126 Å². The van der Waals surface area contributed by atoms with Crippen LogP contribution in [0.15, 0.2) is 65.7 Å². The van der Waals surface area contributed by atoms with E-state index < -0.39 is 0 Å². The number of ether oxygens (including phenoxy) is 1. The number of benzene rings is 2. The maximum atomic E-state index is 12.2. The molecule has 0 heterocycles. The molecule has 0 fully saturated rings. The zero-order valence-electron chi connectivity index (χ0n) is 10.8. The quantitative estimate of drug-likeness (QED) is 0.831. The van der Waals surface area contributed by atoms with Gasteiger partial charge in [0.25, 0.3) is 5.91 Å². The normalized spacial score (nSPS) is 9.85. The fraction of sp³-hybridized carbons (Fsp3) is 0.0625. The van der Waals surface area contributed by atoms with Gasteiger partial charge >= 0.3 is 0 Å². The van der Waals surface area contributed by atoms with Crippen LogP contribution in [-0.4, -0.2) is 12.5 Å². The van der Waals surface area contributed by atoms with Crippen molar-refractivity contribution in [2.24, 2.45) is 0 Å². The Balaban J connectivity index is 2.13. The highest BCUT2D eigenvalue weighted by molar-refractivity contribution is 9.10.